The van der Waals surface area contributed by atoms with Crippen molar-refractivity contribution < 1.29 is 18.3 Å². The molecule has 24 heavy (non-hydrogen) atoms. The fraction of sp³-hybridized carbons (Fsp3) is 0.0588. The van der Waals surface area contributed by atoms with E-state index in [9.17, 15) is 13.6 Å². The molecule has 3 rings (SSSR count). The lowest BCUT2D eigenvalue weighted by molar-refractivity contribution is -0.0498. The van der Waals surface area contributed by atoms with Gasteiger partial charge in [0.15, 0.2) is 5.78 Å². The number of halogens is 2. The molecule has 0 fully saturated rings. The van der Waals surface area contributed by atoms with Crippen molar-refractivity contribution in [1.82, 2.24) is 4.98 Å². The number of thiophene rings is 1. The number of ether oxygens (including phenoxy) is 1. The Morgan fingerprint density at radius 1 is 1.17 bits per heavy atom. The maximum Gasteiger partial charge on any atom is 0.387 e. The van der Waals surface area contributed by atoms with Gasteiger partial charge >= 0.3 is 6.61 Å². The van der Waals surface area contributed by atoms with E-state index in [1.54, 1.807) is 17.4 Å². The summed E-state index contributed by atoms with van der Waals surface area (Å²) in [5, 5.41) is 6.77. The summed E-state index contributed by atoms with van der Waals surface area (Å²) in [4.78, 5) is 16.5. The molecule has 0 atom stereocenters. The molecule has 0 saturated carbocycles. The van der Waals surface area contributed by atoms with Crippen molar-refractivity contribution in [2.45, 2.75) is 6.61 Å². The molecule has 0 N–H and O–H groups in total. The molecule has 0 bridgehead atoms. The Kier molecular flexibility index (Phi) is 5.12. The Balaban J connectivity index is 1.67. The molecule has 0 radical (unpaired) electrons. The fourth-order valence-electron chi connectivity index (χ4n) is 1.94. The Bertz CT molecular complexity index is 840. The Morgan fingerprint density at radius 2 is 1.96 bits per heavy atom. The zero-order valence-electron chi connectivity index (χ0n) is 12.2. The van der Waals surface area contributed by atoms with Gasteiger partial charge in [0, 0.05) is 21.9 Å². The maximum atomic E-state index is 12.1. The maximum absolute atomic E-state index is 12.1. The van der Waals surface area contributed by atoms with Crippen LogP contribution in [0.5, 0.6) is 5.75 Å². The number of carbonyl (C=O) groups is 1. The summed E-state index contributed by atoms with van der Waals surface area (Å²) in [6.07, 6.45) is 3.05. The molecule has 0 saturated heterocycles. The van der Waals surface area contributed by atoms with Gasteiger partial charge in [-0.3, -0.25) is 4.79 Å². The van der Waals surface area contributed by atoms with Gasteiger partial charge in [-0.05, 0) is 47.9 Å². The minimum absolute atomic E-state index is 0.0189. The summed E-state index contributed by atoms with van der Waals surface area (Å²) >= 11 is 3.11. The predicted molar refractivity (Wildman–Crippen MR) is 91.9 cm³/mol. The first-order valence-corrected chi connectivity index (χ1v) is 8.69. The minimum atomic E-state index is -2.88. The molecule has 0 aliphatic heterocycles. The third kappa shape index (κ3) is 4.12. The van der Waals surface area contributed by atoms with E-state index in [1.165, 1.54) is 41.7 Å². The summed E-state index contributed by atoms with van der Waals surface area (Å²) < 4.78 is 28.4. The number of allylic oxidation sites excluding steroid dienone is 1. The van der Waals surface area contributed by atoms with E-state index in [1.807, 2.05) is 22.2 Å². The zero-order chi connectivity index (χ0) is 16.9. The van der Waals surface area contributed by atoms with Gasteiger partial charge in [-0.2, -0.15) is 20.1 Å². The van der Waals surface area contributed by atoms with Crippen LogP contribution in [0.25, 0.3) is 16.6 Å². The standard InChI is InChI=1S/C17H11F2NO2S2/c18-17(19)22-14-4-1-11(2-5-14)15(21)6-3-13-10-24-16(20-13)12-7-8-23-9-12/h1-10,17H. The monoisotopic (exact) mass is 363 g/mol. The van der Waals surface area contributed by atoms with Crippen LogP contribution in [0.15, 0.2) is 52.5 Å². The van der Waals surface area contributed by atoms with Crippen LogP contribution < -0.4 is 4.74 Å². The number of rotatable bonds is 6. The molecular formula is C17H11F2NO2S2. The van der Waals surface area contributed by atoms with Crippen LogP contribution in [0, 0.1) is 0 Å². The predicted octanol–water partition coefficient (Wildman–Crippen LogP) is 5.37. The van der Waals surface area contributed by atoms with E-state index in [0.717, 1.165) is 10.6 Å². The number of thiazole rings is 1. The molecule has 2 aromatic heterocycles. The minimum Gasteiger partial charge on any atom is -0.435 e. The molecule has 3 nitrogen and oxygen atoms in total. The number of hydrogen-bond acceptors (Lipinski definition) is 5. The van der Waals surface area contributed by atoms with E-state index in [4.69, 9.17) is 0 Å². The SMILES string of the molecule is O=C(C=Cc1csc(-c2ccsc2)n1)c1ccc(OC(F)F)cc1. The quantitative estimate of drug-likeness (QED) is 0.437. The van der Waals surface area contributed by atoms with Crippen LogP contribution in [0.2, 0.25) is 0 Å². The highest BCUT2D eigenvalue weighted by Crippen LogP contribution is 2.26. The van der Waals surface area contributed by atoms with Gasteiger partial charge in [-0.25, -0.2) is 4.98 Å². The summed E-state index contributed by atoms with van der Waals surface area (Å²) in [6, 6.07) is 7.56. The molecular weight excluding hydrogens is 352 g/mol. The highest BCUT2D eigenvalue weighted by Gasteiger charge is 2.07. The van der Waals surface area contributed by atoms with Gasteiger partial charge in [-0.15, -0.1) is 11.3 Å². The molecule has 0 unspecified atom stereocenters. The lowest BCUT2D eigenvalue weighted by Crippen LogP contribution is -2.02. The normalized spacial score (nSPS) is 11.3. The van der Waals surface area contributed by atoms with Gasteiger partial charge in [0.05, 0.1) is 5.69 Å². The van der Waals surface area contributed by atoms with Gasteiger partial charge in [0.25, 0.3) is 0 Å². The fourth-order valence-corrected chi connectivity index (χ4v) is 3.44. The Labute approximate surface area is 144 Å². The number of alkyl halides is 2. The third-order valence-corrected chi connectivity index (χ3v) is 4.65. The van der Waals surface area contributed by atoms with Crippen LogP contribution in [0.3, 0.4) is 0 Å². The lowest BCUT2D eigenvalue weighted by atomic mass is 10.1. The van der Waals surface area contributed by atoms with Crippen LogP contribution in [-0.2, 0) is 0 Å². The largest absolute Gasteiger partial charge is 0.435 e. The molecule has 0 amide bonds. The first-order valence-electron chi connectivity index (χ1n) is 6.87. The van der Waals surface area contributed by atoms with E-state index in [0.29, 0.717) is 11.3 Å². The van der Waals surface area contributed by atoms with E-state index in [2.05, 4.69) is 9.72 Å². The zero-order valence-corrected chi connectivity index (χ0v) is 13.8. The second-order valence-corrected chi connectivity index (χ2v) is 6.33. The molecule has 0 aliphatic carbocycles. The number of ketones is 1. The van der Waals surface area contributed by atoms with E-state index in [-0.39, 0.29) is 11.5 Å². The molecule has 122 valence electrons. The smallest absolute Gasteiger partial charge is 0.387 e. The molecule has 2 heterocycles. The average Bonchev–Trinajstić information content (AvgIpc) is 3.24. The van der Waals surface area contributed by atoms with E-state index < -0.39 is 6.61 Å². The van der Waals surface area contributed by atoms with Crippen molar-refractivity contribution in [3.05, 3.63) is 63.8 Å². The molecule has 3 aromatic rings. The number of benzene rings is 1. The highest BCUT2D eigenvalue weighted by atomic mass is 32.1. The molecule has 7 heteroatoms. The second kappa shape index (κ2) is 7.46. The summed E-state index contributed by atoms with van der Waals surface area (Å²) in [5.74, 6) is -0.214. The third-order valence-electron chi connectivity index (χ3n) is 3.06. The van der Waals surface area contributed by atoms with Crippen molar-refractivity contribution in [1.29, 1.82) is 0 Å². The average molecular weight is 363 g/mol. The van der Waals surface area contributed by atoms with Crippen LogP contribution >= 0.6 is 22.7 Å². The first-order chi connectivity index (χ1) is 11.6. The van der Waals surface area contributed by atoms with Gasteiger partial charge in [-0.1, -0.05) is 0 Å². The summed E-state index contributed by atoms with van der Waals surface area (Å²) in [7, 11) is 0. The molecule has 0 aliphatic rings. The summed E-state index contributed by atoms with van der Waals surface area (Å²) in [5.41, 5.74) is 2.15. The number of carbonyl (C=O) groups excluding carboxylic acids is 1. The van der Waals surface area contributed by atoms with Crippen molar-refractivity contribution in [3.8, 4) is 16.3 Å². The van der Waals surface area contributed by atoms with Crippen LogP contribution in [-0.4, -0.2) is 17.4 Å². The van der Waals surface area contributed by atoms with Crippen molar-refractivity contribution in [2.24, 2.45) is 0 Å². The van der Waals surface area contributed by atoms with Gasteiger partial charge in [0.1, 0.15) is 10.8 Å². The van der Waals surface area contributed by atoms with Crippen LogP contribution in [0.1, 0.15) is 16.1 Å². The van der Waals surface area contributed by atoms with Crippen molar-refractivity contribution >= 4 is 34.5 Å². The Hall–Kier alpha value is -2.38. The van der Waals surface area contributed by atoms with E-state index >= 15 is 0 Å². The first kappa shape index (κ1) is 16.5. The van der Waals surface area contributed by atoms with Crippen LogP contribution in [0.4, 0.5) is 8.78 Å². The summed E-state index contributed by atoms with van der Waals surface area (Å²) in [6.45, 7) is -2.88. The topological polar surface area (TPSA) is 39.2 Å². The van der Waals surface area contributed by atoms with Crippen molar-refractivity contribution in [3.63, 3.8) is 0 Å². The number of hydrogen-bond donors (Lipinski definition) is 0. The highest BCUT2D eigenvalue weighted by molar-refractivity contribution is 7.14. The number of nitrogens with zero attached hydrogens (tertiary/aromatic N) is 1. The lowest BCUT2D eigenvalue weighted by Gasteiger charge is -2.04. The molecule has 1 aromatic carbocycles. The molecule has 0 spiro atoms. The second-order valence-electron chi connectivity index (χ2n) is 4.69. The van der Waals surface area contributed by atoms with Gasteiger partial charge < -0.3 is 4.74 Å². The number of aromatic nitrogens is 1. The van der Waals surface area contributed by atoms with Crippen molar-refractivity contribution in [2.75, 3.05) is 0 Å². The van der Waals surface area contributed by atoms with Gasteiger partial charge in [0.2, 0.25) is 0 Å². The Morgan fingerprint density at radius 3 is 2.62 bits per heavy atom.